The number of nitrogens with zero attached hydrogens (tertiary/aromatic N) is 1. The van der Waals surface area contributed by atoms with Gasteiger partial charge in [0.1, 0.15) is 6.04 Å². The topological polar surface area (TPSA) is 85.6 Å². The van der Waals surface area contributed by atoms with E-state index in [2.05, 4.69) is 5.43 Å². The Hall–Kier alpha value is -2.80. The smallest absolute Gasteiger partial charge is 0.265 e. The average molecular weight is 315 g/mol. The predicted octanol–water partition coefficient (Wildman–Crippen LogP) is 1.08. The van der Waals surface area contributed by atoms with Gasteiger partial charge in [-0.3, -0.25) is 10.2 Å². The molecule has 1 amide bonds. The Kier molecular flexibility index (Phi) is 3.80. The monoisotopic (exact) mass is 315 g/mol. The number of hydrogen-bond acceptors (Lipinski definition) is 6. The SMILES string of the molecule is O=C([O-])C=CC(=O)N1NC(c2ccco2)=C[C@@H]1c1cccs1. The zero-order valence-corrected chi connectivity index (χ0v) is 12.1. The van der Waals surface area contributed by atoms with Crippen molar-refractivity contribution in [1.29, 1.82) is 0 Å². The Labute approximate surface area is 129 Å². The van der Waals surface area contributed by atoms with Crippen LogP contribution in [0.2, 0.25) is 0 Å². The van der Waals surface area contributed by atoms with Gasteiger partial charge in [-0.2, -0.15) is 0 Å². The lowest BCUT2D eigenvalue weighted by atomic mass is 10.2. The van der Waals surface area contributed by atoms with Crippen molar-refractivity contribution < 1.29 is 19.1 Å². The molecule has 0 bridgehead atoms. The van der Waals surface area contributed by atoms with Crippen molar-refractivity contribution in [2.75, 3.05) is 0 Å². The van der Waals surface area contributed by atoms with Crippen LogP contribution >= 0.6 is 11.3 Å². The van der Waals surface area contributed by atoms with Gasteiger partial charge in [0.15, 0.2) is 5.76 Å². The standard InChI is InChI=1S/C15H12N2O4S/c18-14(5-6-15(19)20)17-11(13-4-2-8-22-13)9-10(16-17)12-3-1-7-21-12/h1-9,11,16H,(H,19,20)/p-1/t11-/m1/s1. The van der Waals surface area contributed by atoms with Crippen LogP contribution < -0.4 is 10.5 Å². The number of amides is 1. The first-order valence-electron chi connectivity index (χ1n) is 6.43. The van der Waals surface area contributed by atoms with Crippen molar-refractivity contribution >= 4 is 28.9 Å². The van der Waals surface area contributed by atoms with Crippen LogP contribution in [0.25, 0.3) is 5.70 Å². The maximum absolute atomic E-state index is 12.2. The summed E-state index contributed by atoms with van der Waals surface area (Å²) in [4.78, 5) is 23.6. The molecule has 1 atom stereocenters. The Balaban J connectivity index is 1.89. The van der Waals surface area contributed by atoms with Gasteiger partial charge in [0, 0.05) is 11.0 Å². The van der Waals surface area contributed by atoms with Crippen molar-refractivity contribution in [3.63, 3.8) is 0 Å². The molecule has 0 unspecified atom stereocenters. The molecule has 2 aromatic rings. The van der Waals surface area contributed by atoms with Crippen molar-refractivity contribution in [3.8, 4) is 0 Å². The second-order valence-electron chi connectivity index (χ2n) is 4.49. The highest BCUT2D eigenvalue weighted by Crippen LogP contribution is 2.33. The first kappa shape index (κ1) is 14.2. The van der Waals surface area contributed by atoms with E-state index in [9.17, 15) is 14.7 Å². The molecule has 22 heavy (non-hydrogen) atoms. The van der Waals surface area contributed by atoms with Crippen LogP contribution in [-0.2, 0) is 9.59 Å². The summed E-state index contributed by atoms with van der Waals surface area (Å²) >= 11 is 1.50. The fourth-order valence-electron chi connectivity index (χ4n) is 2.12. The highest BCUT2D eigenvalue weighted by Gasteiger charge is 2.31. The average Bonchev–Trinajstić information content (AvgIpc) is 3.23. The molecule has 1 aliphatic rings. The van der Waals surface area contributed by atoms with Crippen LogP contribution in [-0.4, -0.2) is 16.9 Å². The van der Waals surface area contributed by atoms with Gasteiger partial charge in [-0.15, -0.1) is 11.3 Å². The number of carboxylic acids is 1. The highest BCUT2D eigenvalue weighted by atomic mass is 32.1. The van der Waals surface area contributed by atoms with Crippen molar-refractivity contribution in [1.82, 2.24) is 10.4 Å². The summed E-state index contributed by atoms with van der Waals surface area (Å²) in [5.41, 5.74) is 3.60. The Morgan fingerprint density at radius 2 is 2.18 bits per heavy atom. The molecule has 3 heterocycles. The molecular formula is C15H11N2O4S-. The number of carbonyl (C=O) groups excluding carboxylic acids is 2. The summed E-state index contributed by atoms with van der Waals surface area (Å²) in [5.74, 6) is -1.31. The van der Waals surface area contributed by atoms with Crippen LogP contribution in [0.1, 0.15) is 16.7 Å². The van der Waals surface area contributed by atoms with E-state index in [1.165, 1.54) is 16.3 Å². The van der Waals surface area contributed by atoms with Crippen LogP contribution in [0, 0.1) is 0 Å². The summed E-state index contributed by atoms with van der Waals surface area (Å²) in [6.07, 6.45) is 5.07. The lowest BCUT2D eigenvalue weighted by Gasteiger charge is -2.22. The van der Waals surface area contributed by atoms with Crippen LogP contribution in [0.3, 0.4) is 0 Å². The van der Waals surface area contributed by atoms with E-state index >= 15 is 0 Å². The molecule has 0 aromatic carbocycles. The maximum Gasteiger partial charge on any atom is 0.265 e. The van der Waals surface area contributed by atoms with Crippen LogP contribution in [0.5, 0.6) is 0 Å². The molecule has 0 fully saturated rings. The zero-order valence-electron chi connectivity index (χ0n) is 11.3. The summed E-state index contributed by atoms with van der Waals surface area (Å²) in [6.45, 7) is 0. The first-order chi connectivity index (χ1) is 10.6. The second-order valence-corrected chi connectivity index (χ2v) is 5.47. The number of aliphatic carboxylic acids is 1. The lowest BCUT2D eigenvalue weighted by molar-refractivity contribution is -0.297. The molecule has 3 rings (SSSR count). The Morgan fingerprint density at radius 3 is 2.82 bits per heavy atom. The lowest BCUT2D eigenvalue weighted by Crippen LogP contribution is -2.38. The fraction of sp³-hybridized carbons (Fsp3) is 0.0667. The molecule has 7 heteroatoms. The number of carboxylic acid groups (broad SMARTS) is 1. The van der Waals surface area contributed by atoms with Crippen molar-refractivity contribution in [3.05, 3.63) is 64.8 Å². The zero-order chi connectivity index (χ0) is 15.5. The quantitative estimate of drug-likeness (QED) is 0.853. The third kappa shape index (κ3) is 2.79. The fourth-order valence-corrected chi connectivity index (χ4v) is 2.90. The summed E-state index contributed by atoms with van der Waals surface area (Å²) in [6, 6.07) is 6.98. The number of furan rings is 1. The minimum Gasteiger partial charge on any atom is -0.545 e. The van der Waals surface area contributed by atoms with Crippen LogP contribution in [0.4, 0.5) is 0 Å². The van der Waals surface area contributed by atoms with Gasteiger partial charge in [-0.25, -0.2) is 5.01 Å². The van der Waals surface area contributed by atoms with Crippen molar-refractivity contribution in [2.24, 2.45) is 0 Å². The van der Waals surface area contributed by atoms with Gasteiger partial charge in [0.25, 0.3) is 5.91 Å². The maximum atomic E-state index is 12.2. The third-order valence-electron chi connectivity index (χ3n) is 3.06. The number of hydrazine groups is 1. The number of nitrogens with one attached hydrogen (secondary N) is 1. The molecule has 1 aliphatic heterocycles. The molecule has 112 valence electrons. The van der Waals surface area contributed by atoms with E-state index in [0.717, 1.165) is 11.0 Å². The highest BCUT2D eigenvalue weighted by molar-refractivity contribution is 7.10. The van der Waals surface area contributed by atoms with Gasteiger partial charge in [0.2, 0.25) is 0 Å². The van der Waals surface area contributed by atoms with Gasteiger partial charge in [-0.1, -0.05) is 6.07 Å². The van der Waals surface area contributed by atoms with E-state index in [4.69, 9.17) is 4.42 Å². The third-order valence-corrected chi connectivity index (χ3v) is 4.01. The Morgan fingerprint density at radius 1 is 1.32 bits per heavy atom. The van der Waals surface area contributed by atoms with Gasteiger partial charge < -0.3 is 14.3 Å². The summed E-state index contributed by atoms with van der Waals surface area (Å²) in [5, 5.41) is 13.7. The van der Waals surface area contributed by atoms with E-state index in [0.29, 0.717) is 17.5 Å². The molecule has 0 saturated heterocycles. The number of thiophene rings is 1. The van der Waals surface area contributed by atoms with Gasteiger partial charge >= 0.3 is 0 Å². The number of rotatable bonds is 4. The van der Waals surface area contributed by atoms with E-state index in [1.807, 2.05) is 23.6 Å². The molecule has 6 nitrogen and oxygen atoms in total. The Bertz CT molecular complexity index is 732. The molecule has 0 aliphatic carbocycles. The first-order valence-corrected chi connectivity index (χ1v) is 7.31. The minimum absolute atomic E-state index is 0.334. The summed E-state index contributed by atoms with van der Waals surface area (Å²) < 4.78 is 5.32. The van der Waals surface area contributed by atoms with Crippen molar-refractivity contribution in [2.45, 2.75) is 6.04 Å². The van der Waals surface area contributed by atoms with Gasteiger partial charge in [0.05, 0.1) is 17.9 Å². The minimum atomic E-state index is -1.42. The van der Waals surface area contributed by atoms with Gasteiger partial charge in [-0.05, 0) is 35.7 Å². The second kappa shape index (κ2) is 5.90. The molecule has 1 N–H and O–H groups in total. The van der Waals surface area contributed by atoms with E-state index in [1.54, 1.807) is 18.4 Å². The van der Waals surface area contributed by atoms with Crippen LogP contribution in [0.15, 0.2) is 58.6 Å². The molecule has 2 aromatic heterocycles. The summed E-state index contributed by atoms with van der Waals surface area (Å²) in [7, 11) is 0. The predicted molar refractivity (Wildman–Crippen MR) is 77.9 cm³/mol. The van der Waals surface area contributed by atoms with E-state index < -0.39 is 11.9 Å². The number of carbonyl (C=O) groups is 2. The number of hydrogen-bond donors (Lipinski definition) is 1. The molecule has 0 spiro atoms. The molecule has 0 saturated carbocycles. The normalized spacial score (nSPS) is 17.5. The largest absolute Gasteiger partial charge is 0.545 e. The molecular weight excluding hydrogens is 304 g/mol. The molecule has 0 radical (unpaired) electrons. The van der Waals surface area contributed by atoms with E-state index in [-0.39, 0.29) is 6.04 Å².